The van der Waals surface area contributed by atoms with Crippen molar-refractivity contribution in [2.45, 2.75) is 84.2 Å². The van der Waals surface area contributed by atoms with Gasteiger partial charge in [0.25, 0.3) is 0 Å². The molecule has 0 spiro atoms. The minimum atomic E-state index is -2.57. The smallest absolute Gasteiger partial charge is 0.379 e. The van der Waals surface area contributed by atoms with Gasteiger partial charge in [-0.05, 0) is 13.0 Å². The van der Waals surface area contributed by atoms with Crippen molar-refractivity contribution in [1.29, 1.82) is 0 Å². The number of rotatable bonds is 12. The van der Waals surface area contributed by atoms with Crippen LogP contribution in [0.1, 0.15) is 48.0 Å². The van der Waals surface area contributed by atoms with Crippen molar-refractivity contribution in [2.24, 2.45) is 0 Å². The Kier molecular flexibility index (Phi) is 12.5. The Morgan fingerprint density at radius 3 is 2.00 bits per heavy atom. The van der Waals surface area contributed by atoms with E-state index in [0.717, 1.165) is 40.7 Å². The highest BCUT2D eigenvalue weighted by molar-refractivity contribution is 5.87. The average molecular weight is 560 g/mol. The molecule has 0 aromatic rings. The molecular formula is C24H33NO14. The minimum absolute atomic E-state index is 0.180. The molecule has 0 saturated carbocycles. The SMILES string of the molecule is C=CC(=O)N[C@H]1[C@H]([C@H](OC(C)=O)[C@@H](COC(C)=O)OC(C)=O)OC(OC(C)=O)(C(=O)OCC)C[C@@H]1OC(C)=O. The Bertz CT molecular complexity index is 978. The van der Waals surface area contributed by atoms with Crippen LogP contribution in [0.5, 0.6) is 0 Å². The van der Waals surface area contributed by atoms with E-state index in [9.17, 15) is 33.6 Å². The van der Waals surface area contributed by atoms with E-state index >= 15 is 0 Å². The third-order valence-corrected chi connectivity index (χ3v) is 5.02. The Balaban J connectivity index is 3.90. The van der Waals surface area contributed by atoms with Crippen molar-refractivity contribution in [3.63, 3.8) is 0 Å². The number of hydrogen-bond acceptors (Lipinski definition) is 14. The van der Waals surface area contributed by atoms with Crippen LogP contribution in [-0.4, -0.2) is 91.2 Å². The summed E-state index contributed by atoms with van der Waals surface area (Å²) in [5.74, 6) is -9.05. The van der Waals surface area contributed by atoms with Gasteiger partial charge in [-0.15, -0.1) is 0 Å². The molecule has 15 heteroatoms. The van der Waals surface area contributed by atoms with Crippen LogP contribution in [0, 0.1) is 0 Å². The quantitative estimate of drug-likeness (QED) is 0.185. The number of amides is 1. The molecule has 6 atom stereocenters. The normalized spacial score (nSPS) is 23.6. The van der Waals surface area contributed by atoms with Crippen LogP contribution in [0.15, 0.2) is 12.7 Å². The van der Waals surface area contributed by atoms with Gasteiger partial charge in [0.05, 0.1) is 19.1 Å². The number of carbonyl (C=O) groups is 7. The molecule has 1 rings (SSSR count). The summed E-state index contributed by atoms with van der Waals surface area (Å²) in [5.41, 5.74) is 0. The van der Waals surface area contributed by atoms with Gasteiger partial charge in [0.15, 0.2) is 12.2 Å². The van der Waals surface area contributed by atoms with Gasteiger partial charge in [-0.2, -0.15) is 0 Å². The predicted molar refractivity (Wildman–Crippen MR) is 126 cm³/mol. The molecule has 15 nitrogen and oxygen atoms in total. The number of hydrogen-bond donors (Lipinski definition) is 1. The zero-order valence-corrected chi connectivity index (χ0v) is 22.5. The first kappa shape index (κ1) is 33.0. The van der Waals surface area contributed by atoms with Gasteiger partial charge < -0.3 is 38.5 Å². The lowest BCUT2D eigenvalue weighted by Crippen LogP contribution is -2.69. The van der Waals surface area contributed by atoms with E-state index in [1.54, 1.807) is 0 Å². The summed E-state index contributed by atoms with van der Waals surface area (Å²) < 4.78 is 37.1. The van der Waals surface area contributed by atoms with Crippen LogP contribution in [-0.2, 0) is 66.7 Å². The van der Waals surface area contributed by atoms with E-state index in [1.807, 2.05) is 0 Å². The fourth-order valence-corrected chi connectivity index (χ4v) is 3.81. The standard InChI is InChI=1S/C24H33NO14/c1-8-19(31)25-20-17(35-13(4)27)10-24(38-16(7)30,23(32)33-9-2)39-22(20)21(37-15(6)29)18(36-14(5)28)11-34-12(3)26/h8,17-18,20-22H,1,9-11H2,2-7H3,(H,25,31)/t17-,18+,20+,21+,22+,24?/m0/s1. The Labute approximate surface area is 224 Å². The summed E-state index contributed by atoms with van der Waals surface area (Å²) in [4.78, 5) is 85.1. The summed E-state index contributed by atoms with van der Waals surface area (Å²) in [6.45, 7) is 9.08. The van der Waals surface area contributed by atoms with E-state index in [1.165, 1.54) is 6.92 Å². The molecule has 1 saturated heterocycles. The number of ether oxygens (including phenoxy) is 7. The molecule has 1 aliphatic heterocycles. The van der Waals surface area contributed by atoms with Crippen molar-refractivity contribution in [3.05, 3.63) is 12.7 Å². The van der Waals surface area contributed by atoms with Crippen LogP contribution in [0.4, 0.5) is 0 Å². The topological polar surface area (TPSA) is 196 Å². The second kappa shape index (κ2) is 14.8. The molecule has 0 aliphatic carbocycles. The van der Waals surface area contributed by atoms with Crippen molar-refractivity contribution < 1.29 is 66.7 Å². The third-order valence-electron chi connectivity index (χ3n) is 5.02. The van der Waals surface area contributed by atoms with Gasteiger partial charge in [-0.1, -0.05) is 6.58 Å². The highest BCUT2D eigenvalue weighted by Crippen LogP contribution is 2.37. The largest absolute Gasteiger partial charge is 0.462 e. The third kappa shape index (κ3) is 10.00. The van der Waals surface area contributed by atoms with E-state index in [4.69, 9.17) is 33.2 Å². The fourth-order valence-electron chi connectivity index (χ4n) is 3.81. The van der Waals surface area contributed by atoms with Crippen LogP contribution in [0.25, 0.3) is 0 Å². The van der Waals surface area contributed by atoms with Gasteiger partial charge in [-0.3, -0.25) is 28.8 Å². The zero-order valence-electron chi connectivity index (χ0n) is 22.5. The van der Waals surface area contributed by atoms with E-state index in [0.29, 0.717) is 0 Å². The second-order valence-corrected chi connectivity index (χ2v) is 8.26. The van der Waals surface area contributed by atoms with Crippen molar-refractivity contribution >= 4 is 41.7 Å². The Hall–Kier alpha value is -4.01. The molecule has 39 heavy (non-hydrogen) atoms. The summed E-state index contributed by atoms with van der Waals surface area (Å²) in [6.07, 6.45) is -6.28. The molecule has 0 aromatic heterocycles. The molecule has 1 aliphatic rings. The fraction of sp³-hybridized carbons (Fsp3) is 0.625. The zero-order chi connectivity index (χ0) is 29.9. The van der Waals surface area contributed by atoms with Crippen molar-refractivity contribution in [3.8, 4) is 0 Å². The van der Waals surface area contributed by atoms with Crippen molar-refractivity contribution in [1.82, 2.24) is 5.32 Å². The summed E-state index contributed by atoms with van der Waals surface area (Å²) in [5, 5.41) is 2.47. The van der Waals surface area contributed by atoms with Crippen LogP contribution < -0.4 is 5.32 Å². The summed E-state index contributed by atoms with van der Waals surface area (Å²) in [7, 11) is 0. The van der Waals surface area contributed by atoms with Gasteiger partial charge >= 0.3 is 41.6 Å². The summed E-state index contributed by atoms with van der Waals surface area (Å²) >= 11 is 0. The average Bonchev–Trinajstić information content (AvgIpc) is 2.80. The lowest BCUT2D eigenvalue weighted by molar-refractivity contribution is -0.304. The Morgan fingerprint density at radius 1 is 0.923 bits per heavy atom. The number of carbonyl (C=O) groups excluding carboxylic acids is 7. The van der Waals surface area contributed by atoms with Gasteiger partial charge in [-0.25, -0.2) is 4.79 Å². The van der Waals surface area contributed by atoms with Gasteiger partial charge in [0, 0.05) is 34.6 Å². The Morgan fingerprint density at radius 2 is 1.54 bits per heavy atom. The monoisotopic (exact) mass is 559 g/mol. The molecule has 0 aromatic carbocycles. The minimum Gasteiger partial charge on any atom is -0.462 e. The highest BCUT2D eigenvalue weighted by atomic mass is 16.8. The lowest BCUT2D eigenvalue weighted by atomic mass is 9.88. The van der Waals surface area contributed by atoms with Crippen LogP contribution >= 0.6 is 0 Å². The maximum atomic E-state index is 13.1. The molecule has 1 unspecified atom stereocenters. The van der Waals surface area contributed by atoms with E-state index in [2.05, 4.69) is 11.9 Å². The van der Waals surface area contributed by atoms with Crippen LogP contribution in [0.3, 0.4) is 0 Å². The number of esters is 6. The maximum Gasteiger partial charge on any atom is 0.379 e. The first-order chi connectivity index (χ1) is 18.1. The summed E-state index contributed by atoms with van der Waals surface area (Å²) in [6, 6.07) is -1.42. The molecule has 218 valence electrons. The lowest BCUT2D eigenvalue weighted by Gasteiger charge is -2.48. The predicted octanol–water partition coefficient (Wildman–Crippen LogP) is -0.373. The molecule has 1 fully saturated rings. The van der Waals surface area contributed by atoms with Gasteiger partial charge in [0.1, 0.15) is 18.8 Å². The highest BCUT2D eigenvalue weighted by Gasteiger charge is 2.60. The van der Waals surface area contributed by atoms with Crippen molar-refractivity contribution in [2.75, 3.05) is 13.2 Å². The molecule has 0 radical (unpaired) electrons. The maximum absolute atomic E-state index is 13.1. The molecular weight excluding hydrogens is 526 g/mol. The molecule has 1 amide bonds. The van der Waals surface area contributed by atoms with Crippen LogP contribution in [0.2, 0.25) is 0 Å². The molecule has 0 bridgehead atoms. The molecule has 1 N–H and O–H groups in total. The van der Waals surface area contributed by atoms with E-state index in [-0.39, 0.29) is 6.61 Å². The first-order valence-corrected chi connectivity index (χ1v) is 11.8. The molecule has 1 heterocycles. The second-order valence-electron chi connectivity index (χ2n) is 8.26. The number of nitrogens with one attached hydrogen (secondary N) is 1. The van der Waals surface area contributed by atoms with Gasteiger partial charge in [0.2, 0.25) is 5.91 Å². The van der Waals surface area contributed by atoms with E-state index < -0.39 is 91.0 Å². The first-order valence-electron chi connectivity index (χ1n) is 11.8.